The highest BCUT2D eigenvalue weighted by Gasteiger charge is 2.06. The Kier molecular flexibility index (Phi) is 4.98. The van der Waals surface area contributed by atoms with Crippen molar-refractivity contribution in [2.45, 2.75) is 12.8 Å². The van der Waals surface area contributed by atoms with Crippen molar-refractivity contribution in [1.29, 1.82) is 0 Å². The van der Waals surface area contributed by atoms with E-state index < -0.39 is 6.03 Å². The molecule has 114 valence electrons. The topological polar surface area (TPSA) is 104 Å². The number of primary amides is 1. The predicted octanol–water partition coefficient (Wildman–Crippen LogP) is 2.45. The largest absolute Gasteiger partial charge is 0.508 e. The fourth-order valence-electron chi connectivity index (χ4n) is 2.01. The fourth-order valence-corrected chi connectivity index (χ4v) is 2.01. The van der Waals surface area contributed by atoms with Gasteiger partial charge in [0, 0.05) is 17.8 Å². The lowest BCUT2D eigenvalue weighted by Gasteiger charge is -2.08. The number of nitrogens with two attached hydrogens (primary N) is 1. The second-order valence-electron chi connectivity index (χ2n) is 4.75. The zero-order valence-corrected chi connectivity index (χ0v) is 11.9. The maximum absolute atomic E-state index is 11.9. The molecule has 6 heteroatoms. The van der Waals surface area contributed by atoms with Crippen LogP contribution in [0.2, 0.25) is 0 Å². The summed E-state index contributed by atoms with van der Waals surface area (Å²) in [7, 11) is 0. The van der Waals surface area contributed by atoms with Gasteiger partial charge in [-0.3, -0.25) is 4.79 Å². The van der Waals surface area contributed by atoms with Gasteiger partial charge in [0.15, 0.2) is 0 Å². The smallest absolute Gasteiger partial charge is 0.316 e. The van der Waals surface area contributed by atoms with Crippen LogP contribution in [-0.4, -0.2) is 17.0 Å². The Morgan fingerprint density at radius 3 is 2.36 bits per heavy atom. The first-order valence-electron chi connectivity index (χ1n) is 6.78. The number of hydrogen-bond acceptors (Lipinski definition) is 3. The summed E-state index contributed by atoms with van der Waals surface area (Å²) >= 11 is 0. The number of phenols is 1. The summed E-state index contributed by atoms with van der Waals surface area (Å²) in [5.74, 6) is 0.00225. The summed E-state index contributed by atoms with van der Waals surface area (Å²) in [5.41, 5.74) is 6.83. The van der Waals surface area contributed by atoms with E-state index in [0.29, 0.717) is 17.8 Å². The third-order valence-electron chi connectivity index (χ3n) is 3.03. The molecular weight excluding hydrogens is 282 g/mol. The molecule has 2 aromatic rings. The summed E-state index contributed by atoms with van der Waals surface area (Å²) < 4.78 is 0. The van der Waals surface area contributed by atoms with Gasteiger partial charge in [-0.25, -0.2) is 4.79 Å². The van der Waals surface area contributed by atoms with Crippen LogP contribution in [0.1, 0.15) is 12.0 Å². The number of carbonyl (C=O) groups excluding carboxylic acids is 2. The van der Waals surface area contributed by atoms with Crippen molar-refractivity contribution in [3.63, 3.8) is 0 Å². The lowest BCUT2D eigenvalue weighted by atomic mass is 10.1. The molecule has 0 bridgehead atoms. The molecule has 0 aromatic heterocycles. The van der Waals surface area contributed by atoms with Crippen LogP contribution in [0.4, 0.5) is 16.2 Å². The van der Waals surface area contributed by atoms with E-state index in [1.54, 1.807) is 42.5 Å². The number of amides is 3. The maximum Gasteiger partial charge on any atom is 0.316 e. The molecule has 0 atom stereocenters. The van der Waals surface area contributed by atoms with Crippen LogP contribution in [-0.2, 0) is 11.2 Å². The van der Waals surface area contributed by atoms with Crippen molar-refractivity contribution in [3.8, 4) is 5.75 Å². The van der Waals surface area contributed by atoms with Crippen LogP contribution in [0.5, 0.6) is 5.75 Å². The number of aryl methyl sites for hydroxylation is 1. The van der Waals surface area contributed by atoms with Crippen LogP contribution in [0.15, 0.2) is 48.5 Å². The first kappa shape index (κ1) is 15.4. The zero-order chi connectivity index (χ0) is 15.9. The quantitative estimate of drug-likeness (QED) is 0.681. The highest BCUT2D eigenvalue weighted by atomic mass is 16.3. The van der Waals surface area contributed by atoms with Gasteiger partial charge in [0.25, 0.3) is 0 Å². The van der Waals surface area contributed by atoms with E-state index in [9.17, 15) is 14.7 Å². The molecule has 2 aromatic carbocycles. The van der Waals surface area contributed by atoms with E-state index in [-0.39, 0.29) is 18.1 Å². The number of nitrogens with one attached hydrogen (secondary N) is 2. The molecule has 0 saturated heterocycles. The van der Waals surface area contributed by atoms with Gasteiger partial charge in [-0.2, -0.15) is 0 Å². The molecule has 5 N–H and O–H groups in total. The number of phenolic OH excluding ortho intramolecular Hbond substituents is 1. The van der Waals surface area contributed by atoms with E-state index in [1.807, 2.05) is 6.07 Å². The predicted molar refractivity (Wildman–Crippen MR) is 84.7 cm³/mol. The lowest BCUT2D eigenvalue weighted by Crippen LogP contribution is -2.19. The third-order valence-corrected chi connectivity index (χ3v) is 3.03. The number of hydrogen-bond donors (Lipinski definition) is 4. The molecule has 0 spiro atoms. The van der Waals surface area contributed by atoms with Crippen molar-refractivity contribution in [3.05, 3.63) is 54.1 Å². The molecule has 0 saturated carbocycles. The molecule has 0 radical (unpaired) electrons. The first-order valence-corrected chi connectivity index (χ1v) is 6.78. The molecule has 0 unspecified atom stereocenters. The number of aromatic hydroxyl groups is 1. The average Bonchev–Trinajstić information content (AvgIpc) is 2.46. The van der Waals surface area contributed by atoms with Crippen molar-refractivity contribution >= 4 is 23.3 Å². The molecule has 0 aliphatic heterocycles. The number of urea groups is 1. The van der Waals surface area contributed by atoms with Gasteiger partial charge in [-0.1, -0.05) is 24.3 Å². The second kappa shape index (κ2) is 7.12. The number of rotatable bonds is 5. The minimum Gasteiger partial charge on any atom is -0.508 e. The van der Waals surface area contributed by atoms with Crippen molar-refractivity contribution in [2.75, 3.05) is 10.6 Å². The summed E-state index contributed by atoms with van der Waals surface area (Å²) in [6.07, 6.45) is 0.683. The SMILES string of the molecule is NC(=O)Nc1cccc(NC(=O)CCc2ccccc2O)c1. The Balaban J connectivity index is 1.92. The summed E-state index contributed by atoms with van der Waals surface area (Å²) in [6.45, 7) is 0. The number of carbonyl (C=O) groups is 2. The Bertz CT molecular complexity index is 686. The number of anilines is 2. The van der Waals surface area contributed by atoms with Crippen LogP contribution in [0.25, 0.3) is 0 Å². The normalized spacial score (nSPS) is 10.0. The van der Waals surface area contributed by atoms with Crippen molar-refractivity contribution < 1.29 is 14.7 Å². The standard InChI is InChI=1S/C16H17N3O3/c17-16(22)19-13-6-3-5-12(10-13)18-15(21)9-8-11-4-1-2-7-14(11)20/h1-7,10,20H,8-9H2,(H,18,21)(H3,17,19,22). The fraction of sp³-hybridized carbons (Fsp3) is 0.125. The number of para-hydroxylation sites is 1. The lowest BCUT2D eigenvalue weighted by molar-refractivity contribution is -0.116. The molecule has 0 fully saturated rings. The summed E-state index contributed by atoms with van der Waals surface area (Å²) in [4.78, 5) is 22.7. The van der Waals surface area contributed by atoms with E-state index in [1.165, 1.54) is 0 Å². The van der Waals surface area contributed by atoms with Gasteiger partial charge in [0.1, 0.15) is 5.75 Å². The van der Waals surface area contributed by atoms with Gasteiger partial charge in [0.2, 0.25) is 5.91 Å². The molecule has 0 heterocycles. The van der Waals surface area contributed by atoms with Gasteiger partial charge in [-0.15, -0.1) is 0 Å². The van der Waals surface area contributed by atoms with E-state index in [4.69, 9.17) is 5.73 Å². The molecule has 0 aliphatic carbocycles. The molecule has 6 nitrogen and oxygen atoms in total. The third kappa shape index (κ3) is 4.52. The monoisotopic (exact) mass is 299 g/mol. The van der Waals surface area contributed by atoms with Crippen LogP contribution in [0, 0.1) is 0 Å². The number of benzene rings is 2. The average molecular weight is 299 g/mol. The maximum atomic E-state index is 11.9. The minimum absolute atomic E-state index is 0.181. The Morgan fingerprint density at radius 1 is 1.00 bits per heavy atom. The second-order valence-corrected chi connectivity index (χ2v) is 4.75. The van der Waals surface area contributed by atoms with Crippen LogP contribution >= 0.6 is 0 Å². The van der Waals surface area contributed by atoms with Gasteiger partial charge >= 0.3 is 6.03 Å². The van der Waals surface area contributed by atoms with Crippen LogP contribution in [0.3, 0.4) is 0 Å². The van der Waals surface area contributed by atoms with E-state index in [0.717, 1.165) is 5.56 Å². The zero-order valence-electron chi connectivity index (χ0n) is 11.9. The van der Waals surface area contributed by atoms with Crippen molar-refractivity contribution in [1.82, 2.24) is 0 Å². The van der Waals surface area contributed by atoms with Crippen LogP contribution < -0.4 is 16.4 Å². The molecule has 22 heavy (non-hydrogen) atoms. The summed E-state index contributed by atoms with van der Waals surface area (Å²) in [6, 6.07) is 12.9. The van der Waals surface area contributed by atoms with Crippen molar-refractivity contribution in [2.24, 2.45) is 5.73 Å². The highest BCUT2D eigenvalue weighted by molar-refractivity contribution is 5.93. The van der Waals surface area contributed by atoms with Gasteiger partial charge in [0.05, 0.1) is 0 Å². The first-order chi connectivity index (χ1) is 10.5. The van der Waals surface area contributed by atoms with Gasteiger partial charge < -0.3 is 21.5 Å². The molecular formula is C16H17N3O3. The van der Waals surface area contributed by atoms with Gasteiger partial charge in [-0.05, 0) is 36.2 Å². The Labute approximate surface area is 128 Å². The van der Waals surface area contributed by atoms with E-state index >= 15 is 0 Å². The minimum atomic E-state index is -0.664. The molecule has 0 aliphatic rings. The Hall–Kier alpha value is -3.02. The molecule has 2 rings (SSSR count). The Morgan fingerprint density at radius 2 is 1.68 bits per heavy atom. The molecule has 3 amide bonds. The summed E-state index contributed by atoms with van der Waals surface area (Å²) in [5, 5.41) is 14.8. The van der Waals surface area contributed by atoms with E-state index in [2.05, 4.69) is 10.6 Å². The highest BCUT2D eigenvalue weighted by Crippen LogP contribution is 2.18.